The van der Waals surface area contributed by atoms with Crippen molar-refractivity contribution in [3.8, 4) is 0 Å². The van der Waals surface area contributed by atoms with Crippen LogP contribution in [0.25, 0.3) is 11.0 Å². The van der Waals surface area contributed by atoms with Gasteiger partial charge in [0.1, 0.15) is 11.2 Å². The van der Waals surface area contributed by atoms with Gasteiger partial charge in [0.25, 0.3) is 5.91 Å². The Morgan fingerprint density at radius 1 is 1.14 bits per heavy atom. The van der Waals surface area contributed by atoms with Gasteiger partial charge in [-0.25, -0.2) is 4.98 Å². The van der Waals surface area contributed by atoms with Crippen LogP contribution in [-0.4, -0.2) is 20.4 Å². The molecule has 0 aromatic carbocycles. The molecule has 0 fully saturated rings. The summed E-state index contributed by atoms with van der Waals surface area (Å²) >= 11 is 0. The average Bonchev–Trinajstić information content (AvgIpc) is 2.51. The smallest absolute Gasteiger partial charge is 0.254 e. The van der Waals surface area contributed by atoms with E-state index >= 15 is 0 Å². The molecule has 0 bridgehead atoms. The quantitative estimate of drug-likeness (QED) is 0.773. The molecule has 0 aliphatic carbocycles. The van der Waals surface area contributed by atoms with Crippen LogP contribution < -0.4 is 11.2 Å². The number of carbonyl (C=O) groups is 1. The molecule has 0 aliphatic rings. The van der Waals surface area contributed by atoms with Crippen LogP contribution >= 0.6 is 0 Å². The highest BCUT2D eigenvalue weighted by Crippen LogP contribution is 2.10. The van der Waals surface area contributed by atoms with Crippen LogP contribution in [0.4, 0.5) is 0 Å². The van der Waals surface area contributed by atoms with Crippen molar-refractivity contribution in [2.75, 3.05) is 0 Å². The fourth-order valence-corrected chi connectivity index (χ4v) is 2.19. The fraction of sp³-hybridized carbons (Fsp3) is 0.0667. The Morgan fingerprint density at radius 3 is 2.67 bits per heavy atom. The SMILES string of the molecule is NC(=O)c1cn(Cc2ccccn2)c2ncccc2c1=O. The zero-order valence-corrected chi connectivity index (χ0v) is 11.1. The molecule has 0 radical (unpaired) electrons. The Kier molecular flexibility index (Phi) is 3.19. The van der Waals surface area contributed by atoms with Crippen molar-refractivity contribution in [3.63, 3.8) is 0 Å². The van der Waals surface area contributed by atoms with Crippen LogP contribution in [-0.2, 0) is 6.54 Å². The maximum atomic E-state index is 12.2. The van der Waals surface area contributed by atoms with Crippen LogP contribution in [0.3, 0.4) is 0 Å². The molecule has 2 N–H and O–H groups in total. The number of aromatic nitrogens is 3. The molecular formula is C15H12N4O2. The summed E-state index contributed by atoms with van der Waals surface area (Å²) in [4.78, 5) is 32.1. The van der Waals surface area contributed by atoms with Crippen molar-refractivity contribution in [2.45, 2.75) is 6.54 Å². The molecule has 0 spiro atoms. The number of fused-ring (bicyclic) bond motifs is 1. The highest BCUT2D eigenvalue weighted by atomic mass is 16.2. The predicted molar refractivity (Wildman–Crippen MR) is 77.9 cm³/mol. The molecule has 0 aliphatic heterocycles. The van der Waals surface area contributed by atoms with Crippen molar-refractivity contribution in [1.82, 2.24) is 14.5 Å². The van der Waals surface area contributed by atoms with E-state index in [4.69, 9.17) is 5.73 Å². The summed E-state index contributed by atoms with van der Waals surface area (Å²) in [7, 11) is 0. The normalized spacial score (nSPS) is 10.7. The van der Waals surface area contributed by atoms with Gasteiger partial charge in [0, 0.05) is 18.6 Å². The third-order valence-corrected chi connectivity index (χ3v) is 3.16. The number of nitrogens with two attached hydrogens (primary N) is 1. The maximum absolute atomic E-state index is 12.2. The Balaban J connectivity index is 2.24. The van der Waals surface area contributed by atoms with Gasteiger partial charge in [0.2, 0.25) is 5.43 Å². The summed E-state index contributed by atoms with van der Waals surface area (Å²) in [6, 6.07) is 8.83. The van der Waals surface area contributed by atoms with Gasteiger partial charge in [-0.2, -0.15) is 0 Å². The molecule has 3 aromatic rings. The molecule has 104 valence electrons. The van der Waals surface area contributed by atoms with Crippen LogP contribution in [0.15, 0.2) is 53.7 Å². The van der Waals surface area contributed by atoms with Crippen molar-refractivity contribution < 1.29 is 4.79 Å². The van der Waals surface area contributed by atoms with Crippen LogP contribution in [0.2, 0.25) is 0 Å². The second-order valence-corrected chi connectivity index (χ2v) is 4.56. The molecule has 6 heteroatoms. The lowest BCUT2D eigenvalue weighted by molar-refractivity contribution is 0.0999. The van der Waals surface area contributed by atoms with E-state index in [1.807, 2.05) is 18.2 Å². The van der Waals surface area contributed by atoms with Gasteiger partial charge in [-0.15, -0.1) is 0 Å². The standard InChI is InChI=1S/C15H12N4O2/c16-14(21)12-9-19(8-10-4-1-2-6-17-10)15-11(13(12)20)5-3-7-18-15/h1-7,9H,8H2,(H2,16,21). The number of nitrogens with zero attached hydrogens (tertiary/aromatic N) is 3. The minimum Gasteiger partial charge on any atom is -0.365 e. The van der Waals surface area contributed by atoms with Crippen molar-refractivity contribution in [1.29, 1.82) is 0 Å². The number of primary amides is 1. The van der Waals surface area contributed by atoms with Crippen molar-refractivity contribution >= 4 is 16.9 Å². The minimum absolute atomic E-state index is 0.0496. The van der Waals surface area contributed by atoms with E-state index < -0.39 is 11.3 Å². The molecule has 21 heavy (non-hydrogen) atoms. The molecule has 6 nitrogen and oxygen atoms in total. The maximum Gasteiger partial charge on any atom is 0.254 e. The van der Waals surface area contributed by atoms with E-state index in [-0.39, 0.29) is 5.56 Å². The van der Waals surface area contributed by atoms with Gasteiger partial charge in [-0.05, 0) is 24.3 Å². The lowest BCUT2D eigenvalue weighted by atomic mass is 10.2. The largest absolute Gasteiger partial charge is 0.365 e. The first kappa shape index (κ1) is 13.0. The summed E-state index contributed by atoms with van der Waals surface area (Å²) in [5, 5.41) is 0.365. The number of pyridine rings is 3. The Bertz CT molecular complexity index is 872. The van der Waals surface area contributed by atoms with E-state index in [9.17, 15) is 9.59 Å². The first-order valence-electron chi connectivity index (χ1n) is 6.34. The topological polar surface area (TPSA) is 90.9 Å². The molecule has 0 unspecified atom stereocenters. The molecule has 0 saturated heterocycles. The highest BCUT2D eigenvalue weighted by Gasteiger charge is 2.13. The van der Waals surface area contributed by atoms with Gasteiger partial charge in [-0.1, -0.05) is 6.07 Å². The summed E-state index contributed by atoms with van der Waals surface area (Å²) in [5.41, 5.74) is 6.12. The van der Waals surface area contributed by atoms with E-state index in [2.05, 4.69) is 9.97 Å². The Morgan fingerprint density at radius 2 is 1.95 bits per heavy atom. The number of rotatable bonds is 3. The second kappa shape index (κ2) is 5.16. The third kappa shape index (κ3) is 2.38. The van der Waals surface area contributed by atoms with Gasteiger partial charge in [0.15, 0.2) is 0 Å². The summed E-state index contributed by atoms with van der Waals surface area (Å²) < 4.78 is 1.71. The first-order valence-corrected chi connectivity index (χ1v) is 6.34. The molecule has 0 saturated carbocycles. The van der Waals surface area contributed by atoms with E-state index in [0.29, 0.717) is 17.6 Å². The van der Waals surface area contributed by atoms with Crippen LogP contribution in [0, 0.1) is 0 Å². The van der Waals surface area contributed by atoms with Crippen molar-refractivity contribution in [2.24, 2.45) is 5.73 Å². The molecule has 3 aromatic heterocycles. The predicted octanol–water partition coefficient (Wildman–Crippen LogP) is 0.939. The van der Waals surface area contributed by atoms with Gasteiger partial charge < -0.3 is 10.3 Å². The lowest BCUT2D eigenvalue weighted by Crippen LogP contribution is -2.24. The molecule has 0 atom stereocenters. The zero-order chi connectivity index (χ0) is 14.8. The van der Waals surface area contributed by atoms with Gasteiger partial charge in [-0.3, -0.25) is 14.6 Å². The average molecular weight is 280 g/mol. The third-order valence-electron chi connectivity index (χ3n) is 3.16. The van der Waals surface area contributed by atoms with Crippen LogP contribution in [0.1, 0.15) is 16.1 Å². The second-order valence-electron chi connectivity index (χ2n) is 4.56. The van der Waals surface area contributed by atoms with Gasteiger partial charge in [0.05, 0.1) is 17.6 Å². The van der Waals surface area contributed by atoms with E-state index in [1.54, 1.807) is 29.1 Å². The van der Waals surface area contributed by atoms with Gasteiger partial charge >= 0.3 is 0 Å². The number of amides is 1. The zero-order valence-electron chi connectivity index (χ0n) is 11.1. The highest BCUT2D eigenvalue weighted by molar-refractivity contribution is 5.95. The lowest BCUT2D eigenvalue weighted by Gasteiger charge is -2.11. The number of hydrogen-bond acceptors (Lipinski definition) is 4. The van der Waals surface area contributed by atoms with Crippen molar-refractivity contribution in [3.05, 3.63) is 70.4 Å². The molecule has 1 amide bonds. The fourth-order valence-electron chi connectivity index (χ4n) is 2.19. The molecule has 3 rings (SSSR count). The monoisotopic (exact) mass is 280 g/mol. The summed E-state index contributed by atoms with van der Waals surface area (Å²) in [5.74, 6) is -0.750. The Hall–Kier alpha value is -3.02. The van der Waals surface area contributed by atoms with Crippen LogP contribution in [0.5, 0.6) is 0 Å². The Labute approximate surface area is 119 Å². The minimum atomic E-state index is -0.750. The van der Waals surface area contributed by atoms with E-state index in [0.717, 1.165) is 5.69 Å². The molecular weight excluding hydrogens is 268 g/mol. The summed E-state index contributed by atoms with van der Waals surface area (Å²) in [6.45, 7) is 0.398. The summed E-state index contributed by atoms with van der Waals surface area (Å²) in [6.07, 6.45) is 4.72. The molecule has 3 heterocycles. The van der Waals surface area contributed by atoms with E-state index in [1.165, 1.54) is 6.20 Å². The first-order chi connectivity index (χ1) is 10.2. The number of hydrogen-bond donors (Lipinski definition) is 1. The number of carbonyl (C=O) groups excluding carboxylic acids is 1.